The van der Waals surface area contributed by atoms with Gasteiger partial charge in [0.1, 0.15) is 6.04 Å². The number of aromatic amines is 1. The molecule has 1 aliphatic carbocycles. The number of aryl methyl sites for hydroxylation is 1. The highest BCUT2D eigenvalue weighted by Crippen LogP contribution is 2.39. The van der Waals surface area contributed by atoms with Crippen LogP contribution in [0.25, 0.3) is 11.1 Å². The maximum absolute atomic E-state index is 13.4. The van der Waals surface area contributed by atoms with Crippen molar-refractivity contribution in [2.45, 2.75) is 69.9 Å². The third-order valence-corrected chi connectivity index (χ3v) is 10.0. The van der Waals surface area contributed by atoms with Crippen LogP contribution in [0.1, 0.15) is 68.2 Å². The predicted molar refractivity (Wildman–Crippen MR) is 162 cm³/mol. The number of benzene rings is 2. The van der Waals surface area contributed by atoms with Gasteiger partial charge in [0, 0.05) is 44.3 Å². The lowest BCUT2D eigenvalue weighted by Crippen LogP contribution is -2.46. The number of H-pyrrole nitrogens is 1. The molecule has 0 spiro atoms. The summed E-state index contributed by atoms with van der Waals surface area (Å²) >= 11 is 0. The lowest BCUT2D eigenvalue weighted by molar-refractivity contribution is -0.145. The highest BCUT2D eigenvalue weighted by atomic mass is 16.4. The third kappa shape index (κ3) is 5.93. The normalized spacial score (nSPS) is 24.0. The van der Waals surface area contributed by atoms with Gasteiger partial charge in [-0.3, -0.25) is 19.6 Å². The second-order valence-electron chi connectivity index (χ2n) is 12.6. The first-order valence-electron chi connectivity index (χ1n) is 15.6. The van der Waals surface area contributed by atoms with Crippen molar-refractivity contribution >= 4 is 5.97 Å². The summed E-state index contributed by atoms with van der Waals surface area (Å²) < 4.78 is 1.86. The fourth-order valence-corrected chi connectivity index (χ4v) is 7.96. The average Bonchev–Trinajstić information content (AvgIpc) is 3.54. The Morgan fingerprint density at radius 1 is 0.927 bits per heavy atom. The van der Waals surface area contributed by atoms with Gasteiger partial charge >= 0.3 is 5.97 Å². The van der Waals surface area contributed by atoms with Crippen molar-refractivity contribution < 1.29 is 9.90 Å². The molecule has 7 heteroatoms. The molecule has 2 N–H and O–H groups in total. The number of likely N-dealkylation sites (tertiary alicyclic amines) is 2. The molecule has 7 nitrogen and oxygen atoms in total. The van der Waals surface area contributed by atoms with Gasteiger partial charge in [0.15, 0.2) is 0 Å². The maximum Gasteiger partial charge on any atom is 0.321 e. The smallest absolute Gasteiger partial charge is 0.321 e. The number of nitrogens with zero attached hydrogens (tertiary/aromatic N) is 3. The molecule has 1 aromatic heterocycles. The number of carbonyl (C=O) groups is 1. The van der Waals surface area contributed by atoms with Crippen LogP contribution in [-0.4, -0.2) is 69.4 Å². The number of rotatable bonds is 8. The second kappa shape index (κ2) is 12.4. The molecule has 0 bridgehead atoms. The summed E-state index contributed by atoms with van der Waals surface area (Å²) in [4.78, 5) is 30.8. The minimum absolute atomic E-state index is 0.0742. The highest BCUT2D eigenvalue weighted by molar-refractivity contribution is 5.74. The molecule has 3 atom stereocenters. The van der Waals surface area contributed by atoms with Crippen molar-refractivity contribution in [3.8, 4) is 11.1 Å². The summed E-state index contributed by atoms with van der Waals surface area (Å²) in [5.74, 6) is 0.336. The number of carboxylic acids is 1. The van der Waals surface area contributed by atoms with E-state index in [0.29, 0.717) is 11.8 Å². The fraction of sp³-hybridized carbons (Fsp3) is 0.529. The summed E-state index contributed by atoms with van der Waals surface area (Å²) in [6, 6.07) is 20.4. The zero-order chi connectivity index (χ0) is 28.3. The van der Waals surface area contributed by atoms with Crippen molar-refractivity contribution in [1.82, 2.24) is 19.6 Å². The second-order valence-corrected chi connectivity index (χ2v) is 12.6. The quantitative estimate of drug-likeness (QED) is 0.381. The Labute approximate surface area is 243 Å². The molecule has 41 heavy (non-hydrogen) atoms. The standard InChI is InChI=1S/C34H44N4O3/c1-24-31(26-13-7-3-8-14-26)33(39)38(35-24)29-17-19-36(20-18-29)21-28-22-37(23-30(28)25-11-5-2-6-12-25)32(34(40)41)27-15-9-4-10-16-27/h2-3,5-8,11-14,27-30,32,35H,4,9-10,15-23H2,1H3,(H,40,41)/t28-,30+,32+/m0/s1. The van der Waals surface area contributed by atoms with Crippen LogP contribution in [0.2, 0.25) is 0 Å². The Balaban J connectivity index is 1.15. The molecular formula is C34H44N4O3. The van der Waals surface area contributed by atoms with Gasteiger partial charge in [0.05, 0.1) is 11.6 Å². The largest absolute Gasteiger partial charge is 0.480 e. The molecule has 3 aliphatic rings. The minimum atomic E-state index is -0.647. The number of hydrogen-bond donors (Lipinski definition) is 2. The van der Waals surface area contributed by atoms with E-state index in [2.05, 4.69) is 45.2 Å². The molecule has 1 saturated carbocycles. The van der Waals surface area contributed by atoms with Crippen molar-refractivity contribution in [2.24, 2.45) is 11.8 Å². The molecule has 3 heterocycles. The number of nitrogens with one attached hydrogen (secondary N) is 1. The van der Waals surface area contributed by atoms with E-state index in [4.69, 9.17) is 0 Å². The summed E-state index contributed by atoms with van der Waals surface area (Å²) in [5, 5.41) is 13.7. The van der Waals surface area contributed by atoms with Gasteiger partial charge in [-0.15, -0.1) is 0 Å². The summed E-state index contributed by atoms with van der Waals surface area (Å²) in [7, 11) is 0. The topological polar surface area (TPSA) is 81.6 Å². The molecule has 0 amide bonds. The molecule has 3 aromatic rings. The third-order valence-electron chi connectivity index (χ3n) is 10.0. The molecule has 2 aromatic carbocycles. The van der Waals surface area contributed by atoms with Gasteiger partial charge in [0.25, 0.3) is 5.56 Å². The molecule has 3 fully saturated rings. The molecule has 6 rings (SSSR count). The van der Waals surface area contributed by atoms with Crippen molar-refractivity contribution in [3.05, 3.63) is 82.3 Å². The zero-order valence-corrected chi connectivity index (χ0v) is 24.3. The number of aliphatic carboxylic acids is 1. The van der Waals surface area contributed by atoms with Gasteiger partial charge in [-0.25, -0.2) is 4.68 Å². The first-order valence-corrected chi connectivity index (χ1v) is 15.6. The average molecular weight is 557 g/mol. The van der Waals surface area contributed by atoms with E-state index in [9.17, 15) is 14.7 Å². The van der Waals surface area contributed by atoms with Gasteiger partial charge in [-0.1, -0.05) is 79.9 Å². The van der Waals surface area contributed by atoms with Gasteiger partial charge in [-0.2, -0.15) is 0 Å². The number of hydrogen-bond acceptors (Lipinski definition) is 4. The number of piperidine rings is 1. The molecule has 0 unspecified atom stereocenters. The van der Waals surface area contributed by atoms with E-state index in [1.54, 1.807) is 0 Å². The Hall–Kier alpha value is -3.16. The zero-order valence-electron chi connectivity index (χ0n) is 24.3. The maximum atomic E-state index is 13.4. The first kappa shape index (κ1) is 28.0. The van der Waals surface area contributed by atoms with Crippen LogP contribution < -0.4 is 5.56 Å². The van der Waals surface area contributed by atoms with Crippen molar-refractivity contribution in [2.75, 3.05) is 32.7 Å². The Kier molecular flexibility index (Phi) is 8.45. The number of carboxylic acid groups (broad SMARTS) is 1. The molecule has 218 valence electrons. The molecule has 2 aliphatic heterocycles. The lowest BCUT2D eigenvalue weighted by atomic mass is 9.83. The van der Waals surface area contributed by atoms with Crippen LogP contribution in [0, 0.1) is 18.8 Å². The highest BCUT2D eigenvalue weighted by Gasteiger charge is 2.43. The van der Waals surface area contributed by atoms with Gasteiger partial charge in [-0.05, 0) is 55.6 Å². The van der Waals surface area contributed by atoms with Gasteiger partial charge in [0.2, 0.25) is 0 Å². The fourth-order valence-electron chi connectivity index (χ4n) is 7.96. The predicted octanol–water partition coefficient (Wildman–Crippen LogP) is 5.54. The SMILES string of the molecule is Cc1[nH]n(C2CCN(C[C@H]3CN([C@@H](C(=O)O)C4CCCCC4)C[C@@H]3c3ccccc3)CC2)c(=O)c1-c1ccccc1. The van der Waals surface area contributed by atoms with E-state index < -0.39 is 5.97 Å². The first-order chi connectivity index (χ1) is 20.0. The van der Waals surface area contributed by atoms with E-state index in [0.717, 1.165) is 88.1 Å². The minimum Gasteiger partial charge on any atom is -0.480 e. The van der Waals surface area contributed by atoms with Crippen LogP contribution in [0.4, 0.5) is 0 Å². The van der Waals surface area contributed by atoms with Crippen LogP contribution in [0.3, 0.4) is 0 Å². The Morgan fingerprint density at radius 2 is 1.59 bits per heavy atom. The monoisotopic (exact) mass is 556 g/mol. The van der Waals surface area contributed by atoms with E-state index in [1.165, 1.54) is 12.0 Å². The molecule has 0 radical (unpaired) electrons. The lowest BCUT2D eigenvalue weighted by Gasteiger charge is -2.35. The summed E-state index contributed by atoms with van der Waals surface area (Å²) in [5.41, 5.74) is 4.06. The Bertz CT molecular complexity index is 1350. The van der Waals surface area contributed by atoms with Gasteiger partial charge < -0.3 is 10.0 Å². The van der Waals surface area contributed by atoms with Crippen molar-refractivity contribution in [3.63, 3.8) is 0 Å². The van der Waals surface area contributed by atoms with E-state index >= 15 is 0 Å². The van der Waals surface area contributed by atoms with E-state index in [-0.39, 0.29) is 23.6 Å². The number of aromatic nitrogens is 2. The van der Waals surface area contributed by atoms with Crippen LogP contribution in [-0.2, 0) is 4.79 Å². The summed E-state index contributed by atoms with van der Waals surface area (Å²) in [6.07, 6.45) is 7.46. The van der Waals surface area contributed by atoms with E-state index in [1.807, 2.05) is 41.9 Å². The van der Waals surface area contributed by atoms with Crippen molar-refractivity contribution in [1.29, 1.82) is 0 Å². The molecular weight excluding hydrogens is 512 g/mol. The van der Waals surface area contributed by atoms with Crippen LogP contribution in [0.15, 0.2) is 65.5 Å². The summed E-state index contributed by atoms with van der Waals surface area (Å²) in [6.45, 7) is 6.49. The Morgan fingerprint density at radius 3 is 2.24 bits per heavy atom. The van der Waals surface area contributed by atoms with Crippen LogP contribution >= 0.6 is 0 Å². The van der Waals surface area contributed by atoms with Crippen LogP contribution in [0.5, 0.6) is 0 Å². The molecule has 2 saturated heterocycles.